The normalized spacial score (nSPS) is 10.1. The molecule has 0 saturated carbocycles. The minimum atomic E-state index is -0.00606. The number of methoxy groups -OCH3 is 2. The molecule has 0 aliphatic carbocycles. The van der Waals surface area contributed by atoms with E-state index in [0.717, 1.165) is 0 Å². The van der Waals surface area contributed by atoms with Gasteiger partial charge in [-0.3, -0.25) is 0 Å². The monoisotopic (exact) mass is 277 g/mol. The Hall–Kier alpha value is -0.980. The van der Waals surface area contributed by atoms with Crippen LogP contribution in [-0.4, -0.2) is 24.5 Å². The average molecular weight is 278 g/mol. The molecule has 0 heterocycles. The summed E-state index contributed by atoms with van der Waals surface area (Å²) >= 11 is 3.29. The van der Waals surface area contributed by atoms with E-state index >= 15 is 0 Å². The van der Waals surface area contributed by atoms with Gasteiger partial charge in [0.05, 0.1) is 26.3 Å². The lowest BCUT2D eigenvalue weighted by molar-refractivity contribution is 0.159. The van der Waals surface area contributed by atoms with Crippen LogP contribution >= 0.6 is 15.9 Å². The van der Waals surface area contributed by atoms with Gasteiger partial charge in [-0.25, -0.2) is 5.48 Å². The number of hydrogen-bond donors (Lipinski definition) is 3. The summed E-state index contributed by atoms with van der Waals surface area (Å²) in [6.45, 7) is 0.0810. The smallest absolute Gasteiger partial charge is 0.145 e. The fourth-order valence-electron chi connectivity index (χ4n) is 1.25. The van der Waals surface area contributed by atoms with Crippen molar-refractivity contribution in [3.05, 3.63) is 16.1 Å². The lowest BCUT2D eigenvalue weighted by atomic mass is 10.1. The molecule has 0 fully saturated rings. The Bertz CT molecular complexity index is 356. The van der Waals surface area contributed by atoms with E-state index in [1.807, 2.05) is 5.48 Å². The number of rotatable bonds is 4. The second kappa shape index (κ2) is 5.20. The minimum absolute atomic E-state index is 0.00606. The van der Waals surface area contributed by atoms with Crippen LogP contribution in [0.1, 0.15) is 5.56 Å². The van der Waals surface area contributed by atoms with Crippen LogP contribution in [0.25, 0.3) is 0 Å². The third-order valence-electron chi connectivity index (χ3n) is 1.95. The van der Waals surface area contributed by atoms with Crippen LogP contribution in [0, 0.1) is 0 Å². The summed E-state index contributed by atoms with van der Waals surface area (Å²) in [5, 5.41) is 18.3. The van der Waals surface area contributed by atoms with Gasteiger partial charge in [-0.15, -0.1) is 0 Å². The maximum atomic E-state index is 9.66. The molecule has 0 radical (unpaired) electrons. The summed E-state index contributed by atoms with van der Waals surface area (Å²) in [4.78, 5) is 0. The molecule has 0 spiro atoms. The van der Waals surface area contributed by atoms with E-state index in [1.165, 1.54) is 20.3 Å². The molecule has 0 amide bonds. The van der Waals surface area contributed by atoms with Gasteiger partial charge in [0.1, 0.15) is 21.7 Å². The van der Waals surface area contributed by atoms with Gasteiger partial charge in [-0.2, -0.15) is 0 Å². The van der Waals surface area contributed by atoms with E-state index in [0.29, 0.717) is 21.5 Å². The average Bonchev–Trinajstić information content (AvgIpc) is 2.23. The molecule has 0 saturated heterocycles. The third-order valence-corrected chi connectivity index (χ3v) is 2.70. The number of phenols is 1. The van der Waals surface area contributed by atoms with E-state index in [2.05, 4.69) is 15.9 Å². The highest BCUT2D eigenvalue weighted by molar-refractivity contribution is 9.10. The van der Waals surface area contributed by atoms with Gasteiger partial charge >= 0.3 is 0 Å². The lowest BCUT2D eigenvalue weighted by Gasteiger charge is -2.14. The van der Waals surface area contributed by atoms with Crippen molar-refractivity contribution < 1.29 is 19.8 Å². The number of hydroxylamine groups is 1. The van der Waals surface area contributed by atoms with E-state index in [9.17, 15) is 5.11 Å². The predicted octanol–water partition coefficient (Wildman–Crippen LogP) is 1.65. The third kappa shape index (κ3) is 2.34. The molecule has 0 bridgehead atoms. The second-order valence-electron chi connectivity index (χ2n) is 2.76. The van der Waals surface area contributed by atoms with Gasteiger partial charge < -0.3 is 19.8 Å². The molecule has 1 aromatic carbocycles. The van der Waals surface area contributed by atoms with Crippen molar-refractivity contribution in [1.29, 1.82) is 0 Å². The number of halogens is 1. The van der Waals surface area contributed by atoms with Crippen LogP contribution in [0.15, 0.2) is 10.5 Å². The molecule has 0 aliphatic rings. The Balaban J connectivity index is 3.32. The van der Waals surface area contributed by atoms with Crippen LogP contribution < -0.4 is 15.0 Å². The van der Waals surface area contributed by atoms with E-state index in [1.54, 1.807) is 0 Å². The number of phenolic OH excluding ortho intramolecular Hbond substituents is 1. The summed E-state index contributed by atoms with van der Waals surface area (Å²) in [5.41, 5.74) is 2.41. The van der Waals surface area contributed by atoms with E-state index in [-0.39, 0.29) is 12.3 Å². The summed E-state index contributed by atoms with van der Waals surface area (Å²) in [7, 11) is 2.96. The summed E-state index contributed by atoms with van der Waals surface area (Å²) < 4.78 is 10.7. The Kier molecular flexibility index (Phi) is 4.19. The quantitative estimate of drug-likeness (QED) is 0.730. The standard InChI is InChI=1S/C9H12BrNO4/c1-14-7-3-6(12)5(4-11-13)9(15-2)8(7)10/h3,11-13H,4H2,1-2H3. The van der Waals surface area contributed by atoms with Crippen molar-refractivity contribution in [2.75, 3.05) is 14.2 Å². The van der Waals surface area contributed by atoms with Gasteiger partial charge in [0.15, 0.2) is 0 Å². The van der Waals surface area contributed by atoms with Crippen molar-refractivity contribution in [2.45, 2.75) is 6.54 Å². The van der Waals surface area contributed by atoms with Crippen molar-refractivity contribution >= 4 is 15.9 Å². The summed E-state index contributed by atoms with van der Waals surface area (Å²) in [5.74, 6) is 0.882. The molecule has 6 heteroatoms. The summed E-state index contributed by atoms with van der Waals surface area (Å²) in [6.07, 6.45) is 0. The molecule has 84 valence electrons. The zero-order valence-electron chi connectivity index (χ0n) is 8.37. The highest BCUT2D eigenvalue weighted by Gasteiger charge is 2.17. The van der Waals surface area contributed by atoms with Crippen LogP contribution in [0.5, 0.6) is 17.2 Å². The molecule has 0 unspecified atom stereocenters. The van der Waals surface area contributed by atoms with Crippen LogP contribution in [0.2, 0.25) is 0 Å². The van der Waals surface area contributed by atoms with Gasteiger partial charge in [-0.1, -0.05) is 0 Å². The first-order chi connectivity index (χ1) is 7.15. The van der Waals surface area contributed by atoms with Crippen LogP contribution in [0.4, 0.5) is 0 Å². The Morgan fingerprint density at radius 2 is 2.07 bits per heavy atom. The SMILES string of the molecule is COc1cc(O)c(CNO)c(OC)c1Br. The number of nitrogens with one attached hydrogen (secondary N) is 1. The fourth-order valence-corrected chi connectivity index (χ4v) is 1.92. The molecular formula is C9H12BrNO4. The molecular weight excluding hydrogens is 266 g/mol. The molecule has 1 aromatic rings. The number of ether oxygens (including phenoxy) is 2. The van der Waals surface area contributed by atoms with Crippen molar-refractivity contribution in [2.24, 2.45) is 0 Å². The van der Waals surface area contributed by atoms with Crippen LogP contribution in [-0.2, 0) is 6.54 Å². The highest BCUT2D eigenvalue weighted by atomic mass is 79.9. The Morgan fingerprint density at radius 1 is 1.40 bits per heavy atom. The maximum Gasteiger partial charge on any atom is 0.145 e. The first-order valence-electron chi connectivity index (χ1n) is 4.15. The van der Waals surface area contributed by atoms with E-state index < -0.39 is 0 Å². The zero-order valence-corrected chi connectivity index (χ0v) is 9.96. The van der Waals surface area contributed by atoms with Crippen molar-refractivity contribution in [3.63, 3.8) is 0 Å². The first kappa shape index (κ1) is 12.1. The fraction of sp³-hybridized carbons (Fsp3) is 0.333. The Labute approximate surface area is 95.7 Å². The van der Waals surface area contributed by atoms with Gasteiger partial charge in [0, 0.05) is 6.07 Å². The lowest BCUT2D eigenvalue weighted by Crippen LogP contribution is -2.08. The summed E-state index contributed by atoms with van der Waals surface area (Å²) in [6, 6.07) is 1.44. The minimum Gasteiger partial charge on any atom is -0.507 e. The second-order valence-corrected chi connectivity index (χ2v) is 3.55. The topological polar surface area (TPSA) is 71.0 Å². The van der Waals surface area contributed by atoms with Gasteiger partial charge in [-0.05, 0) is 15.9 Å². The van der Waals surface area contributed by atoms with Crippen molar-refractivity contribution in [3.8, 4) is 17.2 Å². The highest BCUT2D eigenvalue weighted by Crippen LogP contribution is 2.42. The first-order valence-corrected chi connectivity index (χ1v) is 4.94. The Morgan fingerprint density at radius 3 is 2.53 bits per heavy atom. The molecule has 0 atom stereocenters. The largest absolute Gasteiger partial charge is 0.507 e. The molecule has 3 N–H and O–H groups in total. The number of benzene rings is 1. The molecule has 15 heavy (non-hydrogen) atoms. The molecule has 5 nitrogen and oxygen atoms in total. The molecule has 0 aliphatic heterocycles. The number of hydrogen-bond acceptors (Lipinski definition) is 5. The van der Waals surface area contributed by atoms with E-state index in [4.69, 9.17) is 14.7 Å². The molecule has 1 rings (SSSR count). The predicted molar refractivity (Wildman–Crippen MR) is 57.5 cm³/mol. The maximum absolute atomic E-state index is 9.66. The van der Waals surface area contributed by atoms with Crippen molar-refractivity contribution in [1.82, 2.24) is 5.48 Å². The number of aromatic hydroxyl groups is 1. The van der Waals surface area contributed by atoms with Gasteiger partial charge in [0.25, 0.3) is 0 Å². The van der Waals surface area contributed by atoms with Gasteiger partial charge in [0.2, 0.25) is 0 Å². The molecule has 0 aromatic heterocycles. The van der Waals surface area contributed by atoms with Crippen LogP contribution in [0.3, 0.4) is 0 Å². The zero-order chi connectivity index (χ0) is 11.4.